The summed E-state index contributed by atoms with van der Waals surface area (Å²) >= 11 is 0. The van der Waals surface area contributed by atoms with Crippen molar-refractivity contribution < 1.29 is 14.7 Å². The number of nitrogens with zero attached hydrogens (tertiary/aromatic N) is 2. The maximum absolute atomic E-state index is 13.6. The van der Waals surface area contributed by atoms with Crippen molar-refractivity contribution in [1.82, 2.24) is 15.1 Å². The Kier molecular flexibility index (Phi) is 7.00. The molecule has 2 aromatic rings. The van der Waals surface area contributed by atoms with Gasteiger partial charge in [0.25, 0.3) is 5.91 Å². The van der Waals surface area contributed by atoms with Gasteiger partial charge in [0.1, 0.15) is 11.3 Å². The summed E-state index contributed by atoms with van der Waals surface area (Å²) in [6.07, 6.45) is 2.96. The molecule has 2 N–H and O–H groups in total. The summed E-state index contributed by atoms with van der Waals surface area (Å²) < 4.78 is 0. The normalized spacial score (nSPS) is 21.5. The number of carbonyl (C=O) groups is 2. The molecule has 2 saturated heterocycles. The van der Waals surface area contributed by atoms with Gasteiger partial charge in [0.2, 0.25) is 0 Å². The van der Waals surface area contributed by atoms with Crippen LogP contribution < -0.4 is 5.32 Å². The van der Waals surface area contributed by atoms with Gasteiger partial charge in [-0.25, -0.2) is 4.79 Å². The SMILES string of the molecule is CC#CCN1C(=O)N[C@](CCc2ccccc2)(C2CCN(Cc3cccc(O)c3)CC2)C1=O. The van der Waals surface area contributed by atoms with E-state index in [1.807, 2.05) is 30.3 Å². The van der Waals surface area contributed by atoms with Crippen LogP contribution in [0.5, 0.6) is 5.75 Å². The number of amides is 3. The number of aryl methyl sites for hydroxylation is 1. The lowest BCUT2D eigenvalue weighted by Crippen LogP contribution is -2.56. The number of piperidine rings is 1. The average molecular weight is 446 g/mol. The maximum Gasteiger partial charge on any atom is 0.325 e. The lowest BCUT2D eigenvalue weighted by molar-refractivity contribution is -0.134. The Bertz CT molecular complexity index is 1050. The number of likely N-dealkylation sites (tertiary alicyclic amines) is 1. The predicted octanol–water partition coefficient (Wildman–Crippen LogP) is 3.55. The maximum atomic E-state index is 13.6. The number of hydrogen-bond donors (Lipinski definition) is 2. The Morgan fingerprint density at radius 3 is 2.48 bits per heavy atom. The lowest BCUT2D eigenvalue weighted by Gasteiger charge is -2.41. The number of hydrogen-bond acceptors (Lipinski definition) is 4. The van der Waals surface area contributed by atoms with Crippen LogP contribution in [0.15, 0.2) is 54.6 Å². The number of phenols is 1. The predicted molar refractivity (Wildman–Crippen MR) is 127 cm³/mol. The third-order valence-electron chi connectivity index (χ3n) is 6.87. The van der Waals surface area contributed by atoms with E-state index in [0.717, 1.165) is 50.0 Å². The van der Waals surface area contributed by atoms with E-state index in [9.17, 15) is 14.7 Å². The molecule has 4 rings (SSSR count). The minimum Gasteiger partial charge on any atom is -0.508 e. The summed E-state index contributed by atoms with van der Waals surface area (Å²) in [5.41, 5.74) is 1.34. The standard InChI is InChI=1S/C27H31N3O3/c1-2-3-16-30-25(32)27(28-26(30)33,15-12-21-8-5-4-6-9-21)23-13-17-29(18-14-23)20-22-10-7-11-24(31)19-22/h4-11,19,23,31H,12-18,20H2,1H3,(H,28,33)/t27-/m1/s1. The van der Waals surface area contributed by atoms with Gasteiger partial charge in [-0.05, 0) is 74.9 Å². The molecule has 0 saturated carbocycles. The van der Waals surface area contributed by atoms with E-state index >= 15 is 0 Å². The van der Waals surface area contributed by atoms with Crippen LogP contribution in [0.3, 0.4) is 0 Å². The summed E-state index contributed by atoms with van der Waals surface area (Å²) in [6, 6.07) is 17.1. The molecule has 0 spiro atoms. The van der Waals surface area contributed by atoms with Crippen LogP contribution >= 0.6 is 0 Å². The molecule has 0 aromatic heterocycles. The van der Waals surface area contributed by atoms with Crippen molar-refractivity contribution in [1.29, 1.82) is 0 Å². The topological polar surface area (TPSA) is 72.9 Å². The van der Waals surface area contributed by atoms with Crippen LogP contribution in [0.25, 0.3) is 0 Å². The summed E-state index contributed by atoms with van der Waals surface area (Å²) in [5, 5.41) is 12.9. The molecule has 2 aliphatic heterocycles. The molecule has 2 fully saturated rings. The first-order valence-corrected chi connectivity index (χ1v) is 11.6. The van der Waals surface area contributed by atoms with Crippen molar-refractivity contribution in [2.75, 3.05) is 19.6 Å². The fourth-order valence-corrected chi connectivity index (χ4v) is 5.08. The van der Waals surface area contributed by atoms with E-state index in [1.54, 1.807) is 19.1 Å². The highest BCUT2D eigenvalue weighted by molar-refractivity contribution is 6.07. The molecule has 2 heterocycles. The van der Waals surface area contributed by atoms with Gasteiger partial charge in [-0.15, -0.1) is 5.92 Å². The van der Waals surface area contributed by atoms with Crippen LogP contribution in [0, 0.1) is 17.8 Å². The Labute approximate surface area is 195 Å². The van der Waals surface area contributed by atoms with E-state index in [4.69, 9.17) is 0 Å². The zero-order chi connectivity index (χ0) is 23.3. The highest BCUT2D eigenvalue weighted by Gasteiger charge is 2.55. The minimum atomic E-state index is -0.889. The Morgan fingerprint density at radius 1 is 1.06 bits per heavy atom. The van der Waals surface area contributed by atoms with E-state index in [0.29, 0.717) is 6.42 Å². The van der Waals surface area contributed by atoms with Crippen LogP contribution in [-0.4, -0.2) is 52.0 Å². The molecule has 6 heteroatoms. The first kappa shape index (κ1) is 22.9. The fourth-order valence-electron chi connectivity index (χ4n) is 5.08. The quantitative estimate of drug-likeness (QED) is 0.505. The number of nitrogens with one attached hydrogen (secondary N) is 1. The van der Waals surface area contributed by atoms with Gasteiger partial charge in [-0.3, -0.25) is 14.6 Å². The summed E-state index contributed by atoms with van der Waals surface area (Å²) in [7, 11) is 0. The highest BCUT2D eigenvalue weighted by Crippen LogP contribution is 2.37. The third kappa shape index (κ3) is 5.04. The molecule has 0 unspecified atom stereocenters. The number of aromatic hydroxyl groups is 1. The Morgan fingerprint density at radius 2 is 1.79 bits per heavy atom. The lowest BCUT2D eigenvalue weighted by atomic mass is 9.74. The second kappa shape index (κ2) is 10.1. The summed E-state index contributed by atoms with van der Waals surface area (Å²) in [5.74, 6) is 5.86. The third-order valence-corrected chi connectivity index (χ3v) is 6.87. The van der Waals surface area contributed by atoms with Gasteiger partial charge >= 0.3 is 6.03 Å². The number of imide groups is 1. The Balaban J connectivity index is 1.49. The average Bonchev–Trinajstić information content (AvgIpc) is 3.07. The van der Waals surface area contributed by atoms with Gasteiger partial charge in [0, 0.05) is 6.54 Å². The highest BCUT2D eigenvalue weighted by atomic mass is 16.3. The number of carbonyl (C=O) groups excluding carboxylic acids is 2. The van der Waals surface area contributed by atoms with Gasteiger partial charge in [0.05, 0.1) is 6.54 Å². The van der Waals surface area contributed by atoms with Crippen LogP contribution in [0.2, 0.25) is 0 Å². The van der Waals surface area contributed by atoms with Crippen molar-refractivity contribution in [3.63, 3.8) is 0 Å². The van der Waals surface area contributed by atoms with Crippen LogP contribution in [0.4, 0.5) is 4.79 Å². The largest absolute Gasteiger partial charge is 0.508 e. The van der Waals surface area contributed by atoms with E-state index in [-0.39, 0.29) is 30.2 Å². The minimum absolute atomic E-state index is 0.0673. The van der Waals surface area contributed by atoms with Gasteiger partial charge in [-0.2, -0.15) is 0 Å². The number of benzene rings is 2. The smallest absolute Gasteiger partial charge is 0.325 e. The van der Waals surface area contributed by atoms with E-state index < -0.39 is 5.54 Å². The zero-order valence-corrected chi connectivity index (χ0v) is 19.1. The molecular weight excluding hydrogens is 414 g/mol. The summed E-state index contributed by atoms with van der Waals surface area (Å²) in [6.45, 7) is 4.28. The second-order valence-electron chi connectivity index (χ2n) is 8.93. The molecule has 2 aliphatic rings. The van der Waals surface area contributed by atoms with Crippen molar-refractivity contribution in [2.45, 2.75) is 44.7 Å². The van der Waals surface area contributed by atoms with Gasteiger partial charge in [-0.1, -0.05) is 48.4 Å². The van der Waals surface area contributed by atoms with Gasteiger partial charge < -0.3 is 10.4 Å². The molecule has 0 aliphatic carbocycles. The molecule has 172 valence electrons. The molecule has 6 nitrogen and oxygen atoms in total. The monoisotopic (exact) mass is 445 g/mol. The van der Waals surface area contributed by atoms with Crippen molar-refractivity contribution in [3.05, 3.63) is 65.7 Å². The molecule has 0 radical (unpaired) electrons. The number of rotatable bonds is 7. The van der Waals surface area contributed by atoms with Gasteiger partial charge in [0.15, 0.2) is 0 Å². The van der Waals surface area contributed by atoms with E-state index in [2.05, 4.69) is 34.2 Å². The van der Waals surface area contributed by atoms with E-state index in [1.165, 1.54) is 4.90 Å². The molecule has 33 heavy (non-hydrogen) atoms. The second-order valence-corrected chi connectivity index (χ2v) is 8.93. The van der Waals surface area contributed by atoms with Crippen molar-refractivity contribution in [3.8, 4) is 17.6 Å². The first-order chi connectivity index (χ1) is 16.0. The fraction of sp³-hybridized carbons (Fsp3) is 0.407. The van der Waals surface area contributed by atoms with Crippen LogP contribution in [0.1, 0.15) is 37.3 Å². The Hall–Kier alpha value is -3.30. The molecule has 3 amide bonds. The summed E-state index contributed by atoms with van der Waals surface area (Å²) in [4.78, 5) is 30.0. The number of urea groups is 1. The van der Waals surface area contributed by atoms with Crippen molar-refractivity contribution >= 4 is 11.9 Å². The number of phenolic OH excluding ortho intramolecular Hbond substituents is 1. The molecule has 2 aromatic carbocycles. The zero-order valence-electron chi connectivity index (χ0n) is 19.1. The molecule has 1 atom stereocenters. The first-order valence-electron chi connectivity index (χ1n) is 11.6. The van der Waals surface area contributed by atoms with Crippen LogP contribution in [-0.2, 0) is 17.8 Å². The van der Waals surface area contributed by atoms with Crippen molar-refractivity contribution in [2.24, 2.45) is 5.92 Å². The molecular formula is C27H31N3O3. The molecule has 0 bridgehead atoms.